The molecule has 1 saturated heterocycles. The molecule has 0 spiro atoms. The van der Waals surface area contributed by atoms with Crippen LogP contribution in [0, 0.1) is 0 Å². The summed E-state index contributed by atoms with van der Waals surface area (Å²) in [6.45, 7) is 4.53. The standard InChI is InChI=1S/C25H29N3O3/c1-19(29)28-15-12-20-8-5-6-11-22(20)23(28)18-24(30)26-13-7-14-27(17-16-26)25(31)21-9-3-2-4-10-21/h2-6,8-11,23H,7,12-18H2,1H3. The Morgan fingerprint density at radius 2 is 1.52 bits per heavy atom. The molecule has 6 nitrogen and oxygen atoms in total. The van der Waals surface area contributed by atoms with Crippen molar-refractivity contribution < 1.29 is 14.4 Å². The van der Waals surface area contributed by atoms with Crippen molar-refractivity contribution >= 4 is 17.7 Å². The average Bonchev–Trinajstić information content (AvgIpc) is 3.05. The van der Waals surface area contributed by atoms with E-state index < -0.39 is 0 Å². The van der Waals surface area contributed by atoms with Gasteiger partial charge in [0, 0.05) is 45.2 Å². The van der Waals surface area contributed by atoms with Gasteiger partial charge in [0.25, 0.3) is 5.91 Å². The van der Waals surface area contributed by atoms with E-state index in [1.54, 1.807) is 6.92 Å². The minimum Gasteiger partial charge on any atom is -0.341 e. The van der Waals surface area contributed by atoms with Gasteiger partial charge in [-0.2, -0.15) is 0 Å². The smallest absolute Gasteiger partial charge is 0.253 e. The van der Waals surface area contributed by atoms with Crippen LogP contribution in [0.15, 0.2) is 54.6 Å². The predicted octanol–water partition coefficient (Wildman–Crippen LogP) is 2.90. The number of nitrogens with zero attached hydrogens (tertiary/aromatic N) is 3. The summed E-state index contributed by atoms with van der Waals surface area (Å²) in [6, 6.07) is 17.2. The van der Waals surface area contributed by atoms with E-state index >= 15 is 0 Å². The summed E-state index contributed by atoms with van der Waals surface area (Å²) in [7, 11) is 0. The Hall–Kier alpha value is -3.15. The van der Waals surface area contributed by atoms with E-state index in [4.69, 9.17) is 0 Å². The van der Waals surface area contributed by atoms with Crippen molar-refractivity contribution in [3.05, 3.63) is 71.3 Å². The van der Waals surface area contributed by atoms with Crippen LogP contribution < -0.4 is 0 Å². The van der Waals surface area contributed by atoms with Crippen LogP contribution in [0.4, 0.5) is 0 Å². The Balaban J connectivity index is 1.44. The fraction of sp³-hybridized carbons (Fsp3) is 0.400. The Kier molecular flexibility index (Phi) is 6.35. The zero-order valence-electron chi connectivity index (χ0n) is 18.0. The van der Waals surface area contributed by atoms with Crippen LogP contribution >= 0.6 is 0 Å². The quantitative estimate of drug-likeness (QED) is 0.769. The van der Waals surface area contributed by atoms with E-state index in [0.29, 0.717) is 38.3 Å². The maximum atomic E-state index is 13.2. The summed E-state index contributed by atoms with van der Waals surface area (Å²) in [5, 5.41) is 0. The molecule has 1 atom stereocenters. The molecule has 0 N–H and O–H groups in total. The van der Waals surface area contributed by atoms with E-state index in [9.17, 15) is 14.4 Å². The molecule has 0 bridgehead atoms. The maximum absolute atomic E-state index is 13.2. The Morgan fingerprint density at radius 1 is 0.839 bits per heavy atom. The van der Waals surface area contributed by atoms with Crippen molar-refractivity contribution in [1.29, 1.82) is 0 Å². The van der Waals surface area contributed by atoms with Gasteiger partial charge in [-0.05, 0) is 36.1 Å². The van der Waals surface area contributed by atoms with Crippen molar-refractivity contribution in [3.63, 3.8) is 0 Å². The molecule has 1 unspecified atom stereocenters. The summed E-state index contributed by atoms with van der Waals surface area (Å²) < 4.78 is 0. The number of benzene rings is 2. The summed E-state index contributed by atoms with van der Waals surface area (Å²) in [4.78, 5) is 43.8. The van der Waals surface area contributed by atoms with Crippen molar-refractivity contribution in [1.82, 2.24) is 14.7 Å². The molecule has 6 heteroatoms. The second-order valence-electron chi connectivity index (χ2n) is 8.27. The predicted molar refractivity (Wildman–Crippen MR) is 118 cm³/mol. The number of carbonyl (C=O) groups is 3. The van der Waals surface area contributed by atoms with Gasteiger partial charge in [-0.25, -0.2) is 0 Å². The third-order valence-electron chi connectivity index (χ3n) is 6.34. The van der Waals surface area contributed by atoms with Crippen LogP contribution in [0.25, 0.3) is 0 Å². The lowest BCUT2D eigenvalue weighted by atomic mass is 9.90. The zero-order valence-corrected chi connectivity index (χ0v) is 18.0. The highest BCUT2D eigenvalue weighted by atomic mass is 16.2. The van der Waals surface area contributed by atoms with E-state index in [1.165, 1.54) is 5.56 Å². The van der Waals surface area contributed by atoms with E-state index in [1.807, 2.05) is 63.2 Å². The molecule has 0 radical (unpaired) electrons. The fourth-order valence-electron chi connectivity index (χ4n) is 4.68. The van der Waals surface area contributed by atoms with Crippen LogP contribution in [0.3, 0.4) is 0 Å². The number of amides is 3. The van der Waals surface area contributed by atoms with Gasteiger partial charge in [-0.1, -0.05) is 42.5 Å². The molecule has 2 aromatic carbocycles. The van der Waals surface area contributed by atoms with Crippen molar-refractivity contribution in [3.8, 4) is 0 Å². The van der Waals surface area contributed by atoms with Crippen molar-refractivity contribution in [2.45, 2.75) is 32.2 Å². The summed E-state index contributed by atoms with van der Waals surface area (Å²) in [5.74, 6) is 0.0589. The van der Waals surface area contributed by atoms with Crippen LogP contribution in [0.5, 0.6) is 0 Å². The van der Waals surface area contributed by atoms with Gasteiger partial charge >= 0.3 is 0 Å². The normalized spacial score (nSPS) is 18.9. The molecule has 0 aromatic heterocycles. The average molecular weight is 420 g/mol. The minimum atomic E-state index is -0.222. The molecule has 4 rings (SSSR count). The monoisotopic (exact) mass is 419 g/mol. The van der Waals surface area contributed by atoms with Crippen molar-refractivity contribution in [2.24, 2.45) is 0 Å². The van der Waals surface area contributed by atoms with Crippen LogP contribution in [-0.4, -0.2) is 65.1 Å². The number of carbonyl (C=O) groups excluding carboxylic acids is 3. The molecule has 2 aliphatic heterocycles. The third kappa shape index (κ3) is 4.63. The van der Waals surface area contributed by atoms with Gasteiger partial charge < -0.3 is 14.7 Å². The zero-order chi connectivity index (χ0) is 21.8. The van der Waals surface area contributed by atoms with Crippen molar-refractivity contribution in [2.75, 3.05) is 32.7 Å². The van der Waals surface area contributed by atoms with Gasteiger partial charge in [0.1, 0.15) is 0 Å². The molecule has 2 heterocycles. The Labute approximate surface area is 183 Å². The Bertz CT molecular complexity index is 959. The molecule has 3 amide bonds. The lowest BCUT2D eigenvalue weighted by Crippen LogP contribution is -2.43. The highest BCUT2D eigenvalue weighted by molar-refractivity contribution is 5.94. The van der Waals surface area contributed by atoms with E-state index in [2.05, 4.69) is 6.07 Å². The second-order valence-corrected chi connectivity index (χ2v) is 8.27. The number of rotatable bonds is 3. The van der Waals surface area contributed by atoms with Gasteiger partial charge in [0.2, 0.25) is 11.8 Å². The van der Waals surface area contributed by atoms with Gasteiger partial charge in [-0.3, -0.25) is 14.4 Å². The molecule has 31 heavy (non-hydrogen) atoms. The SMILES string of the molecule is CC(=O)N1CCc2ccccc2C1CC(=O)N1CCCN(C(=O)c2ccccc2)CC1. The lowest BCUT2D eigenvalue weighted by Gasteiger charge is -2.37. The molecule has 2 aliphatic rings. The fourth-order valence-corrected chi connectivity index (χ4v) is 4.68. The molecule has 2 aromatic rings. The van der Waals surface area contributed by atoms with Gasteiger partial charge in [0.15, 0.2) is 0 Å². The topological polar surface area (TPSA) is 60.9 Å². The van der Waals surface area contributed by atoms with Gasteiger partial charge in [-0.15, -0.1) is 0 Å². The minimum absolute atomic E-state index is 0.00259. The molecular weight excluding hydrogens is 390 g/mol. The highest BCUT2D eigenvalue weighted by Crippen LogP contribution is 2.33. The summed E-state index contributed by atoms with van der Waals surface area (Å²) in [5.41, 5.74) is 2.97. The first-order valence-corrected chi connectivity index (χ1v) is 11.0. The number of hydrogen-bond donors (Lipinski definition) is 0. The van der Waals surface area contributed by atoms with Gasteiger partial charge in [0.05, 0.1) is 12.5 Å². The largest absolute Gasteiger partial charge is 0.341 e. The second kappa shape index (κ2) is 9.33. The van der Waals surface area contributed by atoms with Crippen LogP contribution in [-0.2, 0) is 16.0 Å². The molecular formula is C25H29N3O3. The van der Waals surface area contributed by atoms with E-state index in [-0.39, 0.29) is 30.2 Å². The summed E-state index contributed by atoms with van der Waals surface area (Å²) >= 11 is 0. The lowest BCUT2D eigenvalue weighted by molar-refractivity contribution is -0.136. The Morgan fingerprint density at radius 3 is 2.29 bits per heavy atom. The maximum Gasteiger partial charge on any atom is 0.253 e. The highest BCUT2D eigenvalue weighted by Gasteiger charge is 2.32. The summed E-state index contributed by atoms with van der Waals surface area (Å²) in [6.07, 6.45) is 1.85. The van der Waals surface area contributed by atoms with Crippen LogP contribution in [0.1, 0.15) is 47.3 Å². The molecule has 1 fully saturated rings. The molecule has 162 valence electrons. The number of hydrogen-bond acceptors (Lipinski definition) is 3. The molecule has 0 saturated carbocycles. The first kappa shape index (κ1) is 21.1. The van der Waals surface area contributed by atoms with Crippen LogP contribution in [0.2, 0.25) is 0 Å². The third-order valence-corrected chi connectivity index (χ3v) is 6.34. The number of fused-ring (bicyclic) bond motifs is 1. The first-order valence-electron chi connectivity index (χ1n) is 11.0. The van der Waals surface area contributed by atoms with E-state index in [0.717, 1.165) is 18.4 Å². The first-order chi connectivity index (χ1) is 15.0. The molecule has 0 aliphatic carbocycles.